The first-order valence-corrected chi connectivity index (χ1v) is 9.59. The second kappa shape index (κ2) is 8.85. The highest BCUT2D eigenvalue weighted by Gasteiger charge is 2.28. The number of rotatable bonds is 6. The van der Waals surface area contributed by atoms with Gasteiger partial charge in [-0.25, -0.2) is 0 Å². The first kappa shape index (κ1) is 19.2. The van der Waals surface area contributed by atoms with Crippen molar-refractivity contribution in [2.45, 2.75) is 32.1 Å². The monoisotopic (exact) mass is 365 g/mol. The van der Waals surface area contributed by atoms with Gasteiger partial charge in [0.05, 0.1) is 7.11 Å². The second-order valence-electron chi connectivity index (χ2n) is 7.26. The Balaban J connectivity index is 1.51. The van der Waals surface area contributed by atoms with Crippen molar-refractivity contribution < 1.29 is 14.3 Å². The molecule has 0 aliphatic carbocycles. The van der Waals surface area contributed by atoms with E-state index >= 15 is 0 Å². The predicted octanol–water partition coefficient (Wildman–Crippen LogP) is 4.31. The minimum Gasteiger partial charge on any atom is -0.497 e. The lowest BCUT2D eigenvalue weighted by atomic mass is 9.88. The van der Waals surface area contributed by atoms with Gasteiger partial charge in [-0.2, -0.15) is 0 Å². The molecule has 0 radical (unpaired) electrons. The molecule has 0 aromatic heterocycles. The maximum absolute atomic E-state index is 12.7. The average Bonchev–Trinajstić information content (AvgIpc) is 2.74. The molecule has 2 aromatic carbocycles. The van der Waals surface area contributed by atoms with E-state index in [-0.39, 0.29) is 23.5 Å². The topological polar surface area (TPSA) is 46.6 Å². The third kappa shape index (κ3) is 4.76. The SMILES string of the molecule is COc1ccc(C(=O)C2CCN(C(=O)CC(C)c3ccccc3)CC2)cc1. The Labute approximate surface area is 161 Å². The molecular formula is C23H27NO3. The van der Waals surface area contributed by atoms with Crippen LogP contribution in [0.4, 0.5) is 0 Å². The van der Waals surface area contributed by atoms with Gasteiger partial charge < -0.3 is 9.64 Å². The third-order valence-corrected chi connectivity index (χ3v) is 5.44. The van der Waals surface area contributed by atoms with Gasteiger partial charge in [-0.1, -0.05) is 37.3 Å². The lowest BCUT2D eigenvalue weighted by Crippen LogP contribution is -2.40. The van der Waals surface area contributed by atoms with E-state index in [0.29, 0.717) is 19.5 Å². The molecule has 4 nitrogen and oxygen atoms in total. The van der Waals surface area contributed by atoms with Gasteiger partial charge in [0.2, 0.25) is 5.91 Å². The molecule has 1 aliphatic rings. The van der Waals surface area contributed by atoms with Gasteiger partial charge in [0.1, 0.15) is 5.75 Å². The average molecular weight is 365 g/mol. The van der Waals surface area contributed by atoms with Crippen LogP contribution in [0.2, 0.25) is 0 Å². The number of hydrogen-bond acceptors (Lipinski definition) is 3. The number of likely N-dealkylation sites (tertiary alicyclic amines) is 1. The van der Waals surface area contributed by atoms with Crippen molar-refractivity contribution in [2.75, 3.05) is 20.2 Å². The fourth-order valence-corrected chi connectivity index (χ4v) is 3.67. The lowest BCUT2D eigenvalue weighted by Gasteiger charge is -2.32. The highest BCUT2D eigenvalue weighted by molar-refractivity contribution is 5.98. The highest BCUT2D eigenvalue weighted by atomic mass is 16.5. The van der Waals surface area contributed by atoms with Crippen LogP contribution in [0.15, 0.2) is 54.6 Å². The van der Waals surface area contributed by atoms with E-state index in [0.717, 1.165) is 24.2 Å². The molecule has 2 aromatic rings. The zero-order valence-corrected chi connectivity index (χ0v) is 16.1. The first-order valence-electron chi connectivity index (χ1n) is 9.59. The Morgan fingerprint density at radius 3 is 2.26 bits per heavy atom. The van der Waals surface area contributed by atoms with Crippen molar-refractivity contribution in [3.05, 3.63) is 65.7 Å². The number of Topliss-reactive ketones (excluding diaryl/α,β-unsaturated/α-hetero) is 1. The molecule has 4 heteroatoms. The second-order valence-corrected chi connectivity index (χ2v) is 7.26. The number of piperidine rings is 1. The number of methoxy groups -OCH3 is 1. The normalized spacial score (nSPS) is 16.0. The lowest BCUT2D eigenvalue weighted by molar-refractivity contribution is -0.132. The Bertz CT molecular complexity index is 762. The summed E-state index contributed by atoms with van der Waals surface area (Å²) in [5, 5.41) is 0. The first-order chi connectivity index (χ1) is 13.1. The standard InChI is InChI=1S/C23H27NO3/c1-17(18-6-4-3-5-7-18)16-22(25)24-14-12-20(13-15-24)23(26)19-8-10-21(27-2)11-9-19/h3-11,17,20H,12-16H2,1-2H3. The van der Waals surface area contributed by atoms with Gasteiger partial charge in [-0.15, -0.1) is 0 Å². The number of amides is 1. The van der Waals surface area contributed by atoms with E-state index < -0.39 is 0 Å². The van der Waals surface area contributed by atoms with E-state index in [4.69, 9.17) is 4.74 Å². The Morgan fingerprint density at radius 1 is 1.04 bits per heavy atom. The van der Waals surface area contributed by atoms with Gasteiger partial charge in [0.15, 0.2) is 5.78 Å². The van der Waals surface area contributed by atoms with Crippen LogP contribution < -0.4 is 4.74 Å². The minimum atomic E-state index is -0.00556. The molecule has 0 spiro atoms. The Kier molecular flexibility index (Phi) is 6.28. The molecule has 1 atom stereocenters. The fourth-order valence-electron chi connectivity index (χ4n) is 3.67. The molecule has 1 unspecified atom stereocenters. The van der Waals surface area contributed by atoms with Gasteiger partial charge in [-0.3, -0.25) is 9.59 Å². The zero-order chi connectivity index (χ0) is 19.2. The number of ether oxygens (including phenoxy) is 1. The highest BCUT2D eigenvalue weighted by Crippen LogP contribution is 2.25. The Hall–Kier alpha value is -2.62. The number of hydrogen-bond donors (Lipinski definition) is 0. The summed E-state index contributed by atoms with van der Waals surface area (Å²) in [5.41, 5.74) is 1.91. The van der Waals surface area contributed by atoms with Crippen LogP contribution in [-0.2, 0) is 4.79 Å². The van der Waals surface area contributed by atoms with Gasteiger partial charge >= 0.3 is 0 Å². The summed E-state index contributed by atoms with van der Waals surface area (Å²) in [4.78, 5) is 27.2. The van der Waals surface area contributed by atoms with Gasteiger partial charge in [0, 0.05) is 31.0 Å². The molecule has 3 rings (SSSR count). The van der Waals surface area contributed by atoms with Crippen LogP contribution >= 0.6 is 0 Å². The van der Waals surface area contributed by atoms with Crippen LogP contribution in [0.1, 0.15) is 48.0 Å². The fraction of sp³-hybridized carbons (Fsp3) is 0.391. The van der Waals surface area contributed by atoms with Crippen LogP contribution in [0.3, 0.4) is 0 Å². The van der Waals surface area contributed by atoms with Crippen molar-refractivity contribution >= 4 is 11.7 Å². The molecule has 0 N–H and O–H groups in total. The van der Waals surface area contributed by atoms with E-state index in [1.165, 1.54) is 5.56 Å². The molecule has 27 heavy (non-hydrogen) atoms. The largest absolute Gasteiger partial charge is 0.497 e. The smallest absolute Gasteiger partial charge is 0.223 e. The quantitative estimate of drug-likeness (QED) is 0.717. The maximum Gasteiger partial charge on any atom is 0.223 e. The summed E-state index contributed by atoms with van der Waals surface area (Å²) in [5.74, 6) is 1.30. The van der Waals surface area contributed by atoms with E-state index in [9.17, 15) is 9.59 Å². The van der Waals surface area contributed by atoms with Crippen LogP contribution in [0, 0.1) is 5.92 Å². The summed E-state index contributed by atoms with van der Waals surface area (Å²) in [6, 6.07) is 17.4. The van der Waals surface area contributed by atoms with Gasteiger partial charge in [0.25, 0.3) is 0 Å². The molecule has 0 saturated carbocycles. The predicted molar refractivity (Wildman–Crippen MR) is 106 cm³/mol. The third-order valence-electron chi connectivity index (χ3n) is 5.44. The van der Waals surface area contributed by atoms with Crippen molar-refractivity contribution in [3.8, 4) is 5.75 Å². The van der Waals surface area contributed by atoms with E-state index in [1.54, 1.807) is 7.11 Å². The van der Waals surface area contributed by atoms with Crippen molar-refractivity contribution in [1.29, 1.82) is 0 Å². The molecule has 142 valence electrons. The molecular weight excluding hydrogens is 338 g/mol. The van der Waals surface area contributed by atoms with Crippen LogP contribution in [0.5, 0.6) is 5.75 Å². The summed E-state index contributed by atoms with van der Waals surface area (Å²) < 4.78 is 5.14. The summed E-state index contributed by atoms with van der Waals surface area (Å²) in [6.45, 7) is 3.41. The summed E-state index contributed by atoms with van der Waals surface area (Å²) >= 11 is 0. The summed E-state index contributed by atoms with van der Waals surface area (Å²) in [7, 11) is 1.61. The number of ketones is 1. The molecule has 0 bridgehead atoms. The maximum atomic E-state index is 12.7. The molecule has 1 aliphatic heterocycles. The van der Waals surface area contributed by atoms with E-state index in [1.807, 2.05) is 47.4 Å². The molecule has 1 fully saturated rings. The summed E-state index contributed by atoms with van der Waals surface area (Å²) in [6.07, 6.45) is 1.98. The zero-order valence-electron chi connectivity index (χ0n) is 16.1. The Morgan fingerprint density at radius 2 is 1.67 bits per heavy atom. The van der Waals surface area contributed by atoms with E-state index in [2.05, 4.69) is 19.1 Å². The number of nitrogens with zero attached hydrogens (tertiary/aromatic N) is 1. The molecule has 1 saturated heterocycles. The van der Waals surface area contributed by atoms with Crippen molar-refractivity contribution in [1.82, 2.24) is 4.90 Å². The number of carbonyl (C=O) groups is 2. The number of carbonyl (C=O) groups excluding carboxylic acids is 2. The van der Waals surface area contributed by atoms with Crippen LogP contribution in [-0.4, -0.2) is 36.8 Å². The number of benzene rings is 2. The van der Waals surface area contributed by atoms with Crippen LogP contribution in [0.25, 0.3) is 0 Å². The van der Waals surface area contributed by atoms with Crippen molar-refractivity contribution in [3.63, 3.8) is 0 Å². The minimum absolute atomic E-state index is 0.00556. The molecule has 1 amide bonds. The molecule has 1 heterocycles. The van der Waals surface area contributed by atoms with Crippen molar-refractivity contribution in [2.24, 2.45) is 5.92 Å². The van der Waals surface area contributed by atoms with Gasteiger partial charge in [-0.05, 0) is 48.6 Å².